The van der Waals surface area contributed by atoms with E-state index >= 15 is 0 Å². The first-order chi connectivity index (χ1) is 7.32. The maximum absolute atomic E-state index is 6.16. The summed E-state index contributed by atoms with van der Waals surface area (Å²) in [5.41, 5.74) is 1.75. The van der Waals surface area contributed by atoms with Crippen LogP contribution in [-0.4, -0.2) is 11.2 Å². The predicted octanol–water partition coefficient (Wildman–Crippen LogP) is 3.77. The van der Waals surface area contributed by atoms with Crippen LogP contribution < -0.4 is 0 Å². The zero-order valence-electron chi connectivity index (χ0n) is 11.1. The van der Waals surface area contributed by atoms with E-state index in [0.29, 0.717) is 10.8 Å². The minimum absolute atomic E-state index is 0.241. The highest BCUT2D eigenvalue weighted by atomic mass is 16.6. The Morgan fingerprint density at radius 1 is 1.06 bits per heavy atom. The monoisotopic (exact) mass is 220 g/mol. The van der Waals surface area contributed by atoms with Crippen LogP contribution in [0.4, 0.5) is 0 Å². The van der Waals surface area contributed by atoms with Crippen LogP contribution in [0.1, 0.15) is 59.8 Å². The fraction of sp³-hybridized carbons (Fsp3) is 1.00. The van der Waals surface area contributed by atoms with Gasteiger partial charge in [-0.3, -0.25) is 0 Å². The van der Waals surface area contributed by atoms with Crippen LogP contribution in [-0.2, 0) is 4.74 Å². The van der Waals surface area contributed by atoms with Crippen molar-refractivity contribution in [2.45, 2.75) is 71.0 Å². The smallest absolute Gasteiger partial charge is 0.0977 e. The SMILES string of the molecule is CC1(C)CCC23CC(CC12)C1(C)OC1(C)C3. The Balaban J connectivity index is 1.78. The first kappa shape index (κ1) is 9.94. The summed E-state index contributed by atoms with van der Waals surface area (Å²) in [6.45, 7) is 9.75. The molecule has 0 amide bonds. The lowest BCUT2D eigenvalue weighted by Gasteiger charge is -2.38. The third kappa shape index (κ3) is 0.836. The molecule has 0 N–H and O–H groups in total. The number of rotatable bonds is 0. The second kappa shape index (κ2) is 2.25. The van der Waals surface area contributed by atoms with E-state index in [1.165, 1.54) is 32.1 Å². The van der Waals surface area contributed by atoms with Gasteiger partial charge in [0.05, 0.1) is 11.2 Å². The zero-order valence-corrected chi connectivity index (χ0v) is 11.1. The second-order valence-electron chi connectivity index (χ2n) is 8.16. The minimum Gasteiger partial charge on any atom is -0.363 e. The summed E-state index contributed by atoms with van der Waals surface area (Å²) in [4.78, 5) is 0. The van der Waals surface area contributed by atoms with Crippen molar-refractivity contribution in [3.8, 4) is 0 Å². The quantitative estimate of drug-likeness (QED) is 0.566. The molecule has 4 rings (SSSR count). The van der Waals surface area contributed by atoms with Gasteiger partial charge in [-0.15, -0.1) is 0 Å². The average Bonchev–Trinajstić information content (AvgIpc) is 2.51. The first-order valence-electron chi connectivity index (χ1n) is 7.02. The van der Waals surface area contributed by atoms with Crippen molar-refractivity contribution in [3.05, 3.63) is 0 Å². The maximum Gasteiger partial charge on any atom is 0.0977 e. The Labute approximate surface area is 98.9 Å². The summed E-state index contributed by atoms with van der Waals surface area (Å²) in [5.74, 6) is 1.84. The van der Waals surface area contributed by atoms with E-state index in [4.69, 9.17) is 4.74 Å². The molecule has 3 saturated carbocycles. The summed E-state index contributed by atoms with van der Waals surface area (Å²) in [6.07, 6.45) is 7.17. The van der Waals surface area contributed by atoms with E-state index in [0.717, 1.165) is 11.8 Å². The van der Waals surface area contributed by atoms with Gasteiger partial charge in [-0.05, 0) is 68.6 Å². The van der Waals surface area contributed by atoms with Crippen molar-refractivity contribution >= 4 is 0 Å². The summed E-state index contributed by atoms with van der Waals surface area (Å²) in [6, 6.07) is 0. The Bertz CT molecular complexity index is 374. The Morgan fingerprint density at radius 2 is 1.81 bits per heavy atom. The molecule has 0 radical (unpaired) electrons. The third-order valence-electron chi connectivity index (χ3n) is 7.04. The van der Waals surface area contributed by atoms with E-state index in [9.17, 15) is 0 Å². The number of ether oxygens (including phenoxy) is 1. The van der Waals surface area contributed by atoms with Crippen LogP contribution in [0.15, 0.2) is 0 Å². The second-order valence-corrected chi connectivity index (χ2v) is 8.16. The van der Waals surface area contributed by atoms with Gasteiger partial charge < -0.3 is 4.74 Å². The molecule has 1 aliphatic heterocycles. The van der Waals surface area contributed by atoms with Crippen LogP contribution in [0, 0.1) is 22.7 Å². The van der Waals surface area contributed by atoms with Gasteiger partial charge in [-0.1, -0.05) is 13.8 Å². The van der Waals surface area contributed by atoms with Crippen molar-refractivity contribution in [2.75, 3.05) is 0 Å². The van der Waals surface area contributed by atoms with E-state index < -0.39 is 0 Å². The lowest BCUT2D eigenvalue weighted by molar-refractivity contribution is 0.114. The van der Waals surface area contributed by atoms with Crippen LogP contribution in [0.2, 0.25) is 0 Å². The highest BCUT2D eigenvalue weighted by molar-refractivity contribution is 5.26. The molecule has 1 heterocycles. The molecule has 16 heavy (non-hydrogen) atoms. The molecule has 1 nitrogen and oxygen atoms in total. The van der Waals surface area contributed by atoms with Crippen LogP contribution >= 0.6 is 0 Å². The maximum atomic E-state index is 6.16. The molecular formula is C15H24O. The average molecular weight is 220 g/mol. The van der Waals surface area contributed by atoms with Crippen molar-refractivity contribution in [1.29, 1.82) is 0 Å². The topological polar surface area (TPSA) is 12.5 Å². The molecule has 90 valence electrons. The fourth-order valence-corrected chi connectivity index (χ4v) is 5.96. The number of hydrogen-bond acceptors (Lipinski definition) is 1. The van der Waals surface area contributed by atoms with E-state index in [1.807, 2.05) is 0 Å². The molecule has 4 aliphatic rings. The van der Waals surface area contributed by atoms with Crippen LogP contribution in [0.3, 0.4) is 0 Å². The Morgan fingerprint density at radius 3 is 2.56 bits per heavy atom. The van der Waals surface area contributed by atoms with E-state index in [2.05, 4.69) is 27.7 Å². The Hall–Kier alpha value is -0.0400. The molecule has 1 heteroatoms. The molecule has 1 spiro atoms. The van der Waals surface area contributed by atoms with E-state index in [-0.39, 0.29) is 11.2 Å². The normalized spacial score (nSPS) is 65.2. The van der Waals surface area contributed by atoms with Gasteiger partial charge in [0.1, 0.15) is 0 Å². The predicted molar refractivity (Wildman–Crippen MR) is 64.2 cm³/mol. The van der Waals surface area contributed by atoms with Gasteiger partial charge in [-0.2, -0.15) is 0 Å². The lowest BCUT2D eigenvalue weighted by Crippen LogP contribution is -2.38. The van der Waals surface area contributed by atoms with Crippen LogP contribution in [0.25, 0.3) is 0 Å². The number of fused-ring (bicyclic) bond motifs is 3. The van der Waals surface area contributed by atoms with Crippen molar-refractivity contribution in [3.63, 3.8) is 0 Å². The number of epoxide rings is 1. The van der Waals surface area contributed by atoms with Crippen LogP contribution in [0.5, 0.6) is 0 Å². The highest BCUT2D eigenvalue weighted by Crippen LogP contribution is 2.77. The zero-order chi connectivity index (χ0) is 11.4. The first-order valence-corrected chi connectivity index (χ1v) is 7.02. The summed E-state index contributed by atoms with van der Waals surface area (Å²) >= 11 is 0. The molecule has 5 unspecified atom stereocenters. The molecular weight excluding hydrogens is 196 g/mol. The van der Waals surface area contributed by atoms with Gasteiger partial charge in [-0.25, -0.2) is 0 Å². The molecule has 0 aromatic carbocycles. The highest BCUT2D eigenvalue weighted by Gasteiger charge is 2.78. The Kier molecular flexibility index (Phi) is 1.40. The van der Waals surface area contributed by atoms with Crippen molar-refractivity contribution in [1.82, 2.24) is 0 Å². The van der Waals surface area contributed by atoms with E-state index in [1.54, 1.807) is 0 Å². The summed E-state index contributed by atoms with van der Waals surface area (Å²) < 4.78 is 6.16. The number of hydrogen-bond donors (Lipinski definition) is 0. The fourth-order valence-electron chi connectivity index (χ4n) is 5.96. The van der Waals surface area contributed by atoms with Crippen molar-refractivity contribution < 1.29 is 4.74 Å². The van der Waals surface area contributed by atoms with Gasteiger partial charge in [0, 0.05) is 0 Å². The lowest BCUT2D eigenvalue weighted by atomic mass is 9.64. The molecule has 2 bridgehead atoms. The minimum atomic E-state index is 0.241. The van der Waals surface area contributed by atoms with Gasteiger partial charge >= 0.3 is 0 Å². The standard InChI is InChI=1S/C15H24O/c1-12(2)5-6-15-8-10(7-11(12)15)14(4)13(3,9-15)16-14/h10-11H,5-9H2,1-4H3. The molecule has 3 aliphatic carbocycles. The van der Waals surface area contributed by atoms with Gasteiger partial charge in [0.15, 0.2) is 0 Å². The van der Waals surface area contributed by atoms with Gasteiger partial charge in [0.25, 0.3) is 0 Å². The molecule has 4 fully saturated rings. The summed E-state index contributed by atoms with van der Waals surface area (Å²) in [7, 11) is 0. The van der Waals surface area contributed by atoms with Gasteiger partial charge in [0.2, 0.25) is 0 Å². The molecule has 1 saturated heterocycles. The third-order valence-corrected chi connectivity index (χ3v) is 7.04. The molecule has 0 aromatic heterocycles. The van der Waals surface area contributed by atoms with Crippen molar-refractivity contribution in [2.24, 2.45) is 22.7 Å². The summed E-state index contributed by atoms with van der Waals surface area (Å²) in [5, 5.41) is 0. The molecule has 5 atom stereocenters. The molecule has 0 aromatic rings. The largest absolute Gasteiger partial charge is 0.363 e.